The van der Waals surface area contributed by atoms with Gasteiger partial charge in [-0.1, -0.05) is 24.3 Å². The first kappa shape index (κ1) is 18.6. The Morgan fingerprint density at radius 3 is 2.69 bits per heavy atom. The quantitative estimate of drug-likeness (QED) is 0.657. The summed E-state index contributed by atoms with van der Waals surface area (Å²) in [6.07, 6.45) is -0.647. The van der Waals surface area contributed by atoms with E-state index in [1.165, 1.54) is 18.0 Å². The number of nitriles is 1. The summed E-state index contributed by atoms with van der Waals surface area (Å²) in [4.78, 5) is 26.5. The maximum Gasteiger partial charge on any atom is 0.451 e. The molecule has 2 amide bonds. The number of carbonyl (C=O) groups is 1. The van der Waals surface area contributed by atoms with Gasteiger partial charge < -0.3 is 0 Å². The molecule has 0 saturated carbocycles. The van der Waals surface area contributed by atoms with Gasteiger partial charge in [0.2, 0.25) is 5.82 Å². The molecule has 0 N–H and O–H groups in total. The molecule has 0 bridgehead atoms. The van der Waals surface area contributed by atoms with Gasteiger partial charge in [-0.05, 0) is 6.92 Å². The van der Waals surface area contributed by atoms with Crippen molar-refractivity contribution >= 4 is 28.3 Å². The number of pyridine rings is 1. The van der Waals surface area contributed by atoms with Crippen LogP contribution in [0.4, 0.5) is 29.5 Å². The summed E-state index contributed by atoms with van der Waals surface area (Å²) < 4.78 is 39.1. The highest BCUT2D eigenvalue weighted by Crippen LogP contribution is 2.34. The number of hydrogen-bond acceptors (Lipinski definition) is 5. The van der Waals surface area contributed by atoms with Crippen molar-refractivity contribution in [2.45, 2.75) is 19.1 Å². The smallest absolute Gasteiger partial charge is 0.275 e. The number of rotatable bonds is 2. The molecule has 1 atom stereocenters. The van der Waals surface area contributed by atoms with Crippen LogP contribution in [0.25, 0.3) is 10.8 Å². The van der Waals surface area contributed by atoms with Crippen molar-refractivity contribution in [2.24, 2.45) is 0 Å². The van der Waals surface area contributed by atoms with Gasteiger partial charge in [0.1, 0.15) is 11.9 Å². The minimum atomic E-state index is -4.75. The molecular formula is C19H13F3N6O. The third-order valence-electron chi connectivity index (χ3n) is 4.61. The SMILES string of the molecule is Cc1cnc(C(F)(F)F)nc1N1C[C@@H](C#N)N(c2cncc3ccccc23)C1=O. The number of nitrogens with zero attached hydrogens (tertiary/aromatic N) is 6. The summed E-state index contributed by atoms with van der Waals surface area (Å²) in [5.41, 5.74) is 0.700. The van der Waals surface area contributed by atoms with Crippen molar-refractivity contribution in [3.63, 3.8) is 0 Å². The summed E-state index contributed by atoms with van der Waals surface area (Å²) in [5.74, 6) is -1.52. The Hall–Kier alpha value is -3.74. The van der Waals surface area contributed by atoms with Crippen LogP contribution in [0.1, 0.15) is 11.4 Å². The third-order valence-corrected chi connectivity index (χ3v) is 4.61. The van der Waals surface area contributed by atoms with Gasteiger partial charge in [0.15, 0.2) is 0 Å². The summed E-state index contributed by atoms with van der Waals surface area (Å²) in [7, 11) is 0. The number of amides is 2. The van der Waals surface area contributed by atoms with Crippen LogP contribution in [0.5, 0.6) is 0 Å². The minimum absolute atomic E-state index is 0.131. The van der Waals surface area contributed by atoms with Crippen LogP contribution in [-0.4, -0.2) is 33.6 Å². The molecule has 0 unspecified atom stereocenters. The fourth-order valence-corrected chi connectivity index (χ4v) is 3.28. The molecule has 0 radical (unpaired) electrons. The van der Waals surface area contributed by atoms with Crippen molar-refractivity contribution in [3.05, 3.63) is 54.2 Å². The molecule has 0 aliphatic carbocycles. The zero-order valence-corrected chi connectivity index (χ0v) is 15.1. The van der Waals surface area contributed by atoms with Crippen molar-refractivity contribution in [3.8, 4) is 6.07 Å². The second kappa shape index (κ2) is 6.70. The van der Waals surface area contributed by atoms with Gasteiger partial charge in [-0.25, -0.2) is 14.8 Å². The molecule has 29 heavy (non-hydrogen) atoms. The lowest BCUT2D eigenvalue weighted by molar-refractivity contribution is -0.144. The fraction of sp³-hybridized carbons (Fsp3) is 0.211. The van der Waals surface area contributed by atoms with Crippen molar-refractivity contribution in [1.29, 1.82) is 5.26 Å². The monoisotopic (exact) mass is 398 g/mol. The van der Waals surface area contributed by atoms with E-state index in [1.54, 1.807) is 18.3 Å². The molecular weight excluding hydrogens is 385 g/mol. The van der Waals surface area contributed by atoms with E-state index in [4.69, 9.17) is 0 Å². The van der Waals surface area contributed by atoms with E-state index in [1.807, 2.05) is 18.2 Å². The fourth-order valence-electron chi connectivity index (χ4n) is 3.28. The second-order valence-electron chi connectivity index (χ2n) is 6.49. The molecule has 1 aromatic carbocycles. The van der Waals surface area contributed by atoms with Crippen LogP contribution >= 0.6 is 0 Å². The van der Waals surface area contributed by atoms with Gasteiger partial charge in [0, 0.05) is 28.7 Å². The van der Waals surface area contributed by atoms with E-state index in [2.05, 4.69) is 15.0 Å². The number of benzene rings is 1. The number of halogens is 3. The van der Waals surface area contributed by atoms with Crippen molar-refractivity contribution in [2.75, 3.05) is 16.3 Å². The lowest BCUT2D eigenvalue weighted by Gasteiger charge is -2.21. The summed E-state index contributed by atoms with van der Waals surface area (Å²) in [5, 5.41) is 11.1. The summed E-state index contributed by atoms with van der Waals surface area (Å²) >= 11 is 0. The molecule has 4 rings (SSSR count). The van der Waals surface area contributed by atoms with E-state index in [0.29, 0.717) is 16.6 Å². The molecule has 10 heteroatoms. The summed E-state index contributed by atoms with van der Waals surface area (Å²) in [6.45, 7) is 1.37. The zero-order valence-electron chi connectivity index (χ0n) is 15.1. The number of fused-ring (bicyclic) bond motifs is 1. The molecule has 0 spiro atoms. The lowest BCUT2D eigenvalue weighted by atomic mass is 10.1. The zero-order chi connectivity index (χ0) is 20.8. The van der Waals surface area contributed by atoms with Crippen LogP contribution in [0.15, 0.2) is 42.9 Å². The van der Waals surface area contributed by atoms with Crippen LogP contribution in [0.2, 0.25) is 0 Å². The Morgan fingerprint density at radius 2 is 1.97 bits per heavy atom. The number of aryl methyl sites for hydroxylation is 1. The average molecular weight is 398 g/mol. The Balaban J connectivity index is 1.81. The largest absolute Gasteiger partial charge is 0.451 e. The first-order valence-electron chi connectivity index (χ1n) is 8.55. The van der Waals surface area contributed by atoms with Gasteiger partial charge in [0.05, 0.1) is 24.5 Å². The van der Waals surface area contributed by atoms with E-state index in [0.717, 1.165) is 16.5 Å². The van der Waals surface area contributed by atoms with Gasteiger partial charge >= 0.3 is 12.2 Å². The molecule has 3 heterocycles. The first-order chi connectivity index (χ1) is 13.8. The van der Waals surface area contributed by atoms with Crippen LogP contribution in [0.3, 0.4) is 0 Å². The molecule has 3 aromatic rings. The van der Waals surface area contributed by atoms with Crippen molar-refractivity contribution in [1.82, 2.24) is 15.0 Å². The van der Waals surface area contributed by atoms with Gasteiger partial charge in [0.25, 0.3) is 0 Å². The Morgan fingerprint density at radius 1 is 1.21 bits per heavy atom. The Kier molecular flexibility index (Phi) is 4.30. The molecule has 2 aromatic heterocycles. The van der Waals surface area contributed by atoms with E-state index in [9.17, 15) is 23.2 Å². The number of carbonyl (C=O) groups excluding carboxylic acids is 1. The standard InChI is InChI=1S/C19H13F3N6O/c1-11-7-25-17(19(20,21)22)26-16(11)27-10-13(6-23)28(18(27)29)15-9-24-8-12-4-2-3-5-14(12)15/h2-5,7-9,13H,10H2,1H3/t13-/m1/s1. The maximum absolute atomic E-state index is 13.2. The Labute approximate surface area is 163 Å². The second-order valence-corrected chi connectivity index (χ2v) is 6.49. The van der Waals surface area contributed by atoms with Crippen LogP contribution in [-0.2, 0) is 6.18 Å². The number of hydrogen-bond donors (Lipinski definition) is 0. The van der Waals surface area contributed by atoms with Crippen molar-refractivity contribution < 1.29 is 18.0 Å². The number of alkyl halides is 3. The van der Waals surface area contributed by atoms with E-state index < -0.39 is 24.1 Å². The third kappa shape index (κ3) is 3.10. The van der Waals surface area contributed by atoms with Gasteiger partial charge in [-0.3, -0.25) is 14.8 Å². The molecule has 1 aliphatic rings. The molecule has 7 nitrogen and oxygen atoms in total. The molecule has 146 valence electrons. The predicted molar refractivity (Wildman–Crippen MR) is 98.1 cm³/mol. The highest BCUT2D eigenvalue weighted by atomic mass is 19.4. The number of urea groups is 1. The minimum Gasteiger partial charge on any atom is -0.275 e. The molecule has 1 saturated heterocycles. The normalized spacial score (nSPS) is 17.1. The van der Waals surface area contributed by atoms with Gasteiger partial charge in [-0.15, -0.1) is 0 Å². The number of anilines is 2. The average Bonchev–Trinajstić information content (AvgIpc) is 3.03. The van der Waals surface area contributed by atoms with Crippen LogP contribution < -0.4 is 9.80 Å². The van der Waals surface area contributed by atoms with E-state index >= 15 is 0 Å². The van der Waals surface area contributed by atoms with Crippen LogP contribution in [0, 0.1) is 18.3 Å². The predicted octanol–water partition coefficient (Wildman–Crippen LogP) is 3.69. The molecule has 1 fully saturated rings. The maximum atomic E-state index is 13.2. The van der Waals surface area contributed by atoms with E-state index in [-0.39, 0.29) is 12.4 Å². The number of aromatic nitrogens is 3. The summed E-state index contributed by atoms with van der Waals surface area (Å²) in [6, 6.07) is 7.68. The highest BCUT2D eigenvalue weighted by Gasteiger charge is 2.42. The lowest BCUT2D eigenvalue weighted by Crippen LogP contribution is -2.35. The topological polar surface area (TPSA) is 86.0 Å². The highest BCUT2D eigenvalue weighted by molar-refractivity contribution is 6.11. The van der Waals surface area contributed by atoms with Gasteiger partial charge in [-0.2, -0.15) is 18.4 Å². The first-order valence-corrected chi connectivity index (χ1v) is 8.55. The Bertz CT molecular complexity index is 1150. The molecule has 1 aliphatic heterocycles.